The molecule has 0 fully saturated rings. The van der Waals surface area contributed by atoms with Gasteiger partial charge in [0, 0.05) is 17.2 Å². The smallest absolute Gasteiger partial charge is 0.277 e. The summed E-state index contributed by atoms with van der Waals surface area (Å²) in [5.74, 6) is -0.916. The van der Waals surface area contributed by atoms with E-state index in [4.69, 9.17) is 4.52 Å². The van der Waals surface area contributed by atoms with Crippen LogP contribution in [-0.2, 0) is 0 Å². The first-order valence-corrected chi connectivity index (χ1v) is 7.78. The molecule has 1 amide bonds. The maximum Gasteiger partial charge on any atom is 0.277 e. The second-order valence-electron chi connectivity index (χ2n) is 5.51. The molecule has 0 unspecified atom stereocenters. The minimum absolute atomic E-state index is 0.235. The third kappa shape index (κ3) is 3.82. The summed E-state index contributed by atoms with van der Waals surface area (Å²) in [6, 6.07) is 12.6. The van der Waals surface area contributed by atoms with Crippen molar-refractivity contribution in [3.05, 3.63) is 75.5 Å². The van der Waals surface area contributed by atoms with Crippen LogP contribution in [0.2, 0.25) is 0 Å². The second kappa shape index (κ2) is 7.48. The van der Waals surface area contributed by atoms with Crippen LogP contribution in [0.25, 0.3) is 11.3 Å². The summed E-state index contributed by atoms with van der Waals surface area (Å²) in [4.78, 5) is 22.5. The molecule has 27 heavy (non-hydrogen) atoms. The first-order chi connectivity index (χ1) is 13.0. The van der Waals surface area contributed by atoms with E-state index in [2.05, 4.69) is 15.7 Å². The summed E-state index contributed by atoms with van der Waals surface area (Å²) in [5.41, 5.74) is 3.40. The third-order valence-electron chi connectivity index (χ3n) is 3.70. The topological polar surface area (TPSA) is 134 Å². The van der Waals surface area contributed by atoms with E-state index in [1.165, 1.54) is 12.3 Å². The van der Waals surface area contributed by atoms with Crippen molar-refractivity contribution >= 4 is 17.8 Å². The molecule has 1 heterocycles. The van der Waals surface area contributed by atoms with Gasteiger partial charge in [-0.1, -0.05) is 47.6 Å². The van der Waals surface area contributed by atoms with E-state index in [0.717, 1.165) is 12.1 Å². The Labute approximate surface area is 153 Å². The lowest BCUT2D eigenvalue weighted by Gasteiger charge is -2.06. The van der Waals surface area contributed by atoms with Gasteiger partial charge in [-0.3, -0.25) is 14.9 Å². The van der Waals surface area contributed by atoms with Crippen LogP contribution in [0, 0.1) is 17.0 Å². The molecule has 0 saturated heterocycles. The maximum absolute atomic E-state index is 12.5. The van der Waals surface area contributed by atoms with Crippen molar-refractivity contribution in [3.8, 4) is 17.0 Å². The van der Waals surface area contributed by atoms with Crippen molar-refractivity contribution in [2.24, 2.45) is 5.10 Å². The summed E-state index contributed by atoms with van der Waals surface area (Å²) in [7, 11) is 0. The quantitative estimate of drug-likeness (QED) is 0.419. The number of carbonyl (C=O) groups excluding carboxylic acids is 1. The zero-order valence-electron chi connectivity index (χ0n) is 14.1. The maximum atomic E-state index is 12.5. The summed E-state index contributed by atoms with van der Waals surface area (Å²) >= 11 is 0. The minimum atomic E-state index is -0.773. The molecule has 2 aromatic carbocycles. The van der Waals surface area contributed by atoms with Crippen LogP contribution in [0.4, 0.5) is 5.69 Å². The number of aryl methyl sites for hydroxylation is 1. The molecule has 3 rings (SSSR count). The highest BCUT2D eigenvalue weighted by molar-refractivity contribution is 6.01. The number of nitrogens with zero attached hydrogens (tertiary/aromatic N) is 3. The molecule has 9 nitrogen and oxygen atoms in total. The molecule has 136 valence electrons. The average molecular weight is 365 g/mol. The molecular formula is C18H13N4O5-. The van der Waals surface area contributed by atoms with Gasteiger partial charge in [0.1, 0.15) is 17.0 Å². The molecule has 1 aromatic heterocycles. The van der Waals surface area contributed by atoms with Crippen molar-refractivity contribution in [2.45, 2.75) is 6.92 Å². The van der Waals surface area contributed by atoms with Crippen molar-refractivity contribution in [3.63, 3.8) is 0 Å². The van der Waals surface area contributed by atoms with E-state index in [9.17, 15) is 20.0 Å². The van der Waals surface area contributed by atoms with E-state index >= 15 is 0 Å². The zero-order valence-corrected chi connectivity index (χ0v) is 14.1. The van der Waals surface area contributed by atoms with Crippen LogP contribution >= 0.6 is 0 Å². The Bertz CT molecular complexity index is 1030. The van der Waals surface area contributed by atoms with E-state index in [1.54, 1.807) is 19.1 Å². The van der Waals surface area contributed by atoms with E-state index in [-0.39, 0.29) is 5.56 Å². The number of hydrogen-bond donors (Lipinski definition) is 1. The SMILES string of the molecule is Cc1onc(-c2ccccc2)c1C(=O)N/N=C\c1ccc([O-])c([N+](=O)[O-])c1. The Morgan fingerprint density at radius 2 is 2.00 bits per heavy atom. The fraction of sp³-hybridized carbons (Fsp3) is 0.0556. The largest absolute Gasteiger partial charge is 0.868 e. The van der Waals surface area contributed by atoms with E-state index in [0.29, 0.717) is 22.6 Å². The number of nitro benzene ring substituents is 1. The first kappa shape index (κ1) is 17.8. The summed E-state index contributed by atoms with van der Waals surface area (Å²) in [5, 5.41) is 29.9. The van der Waals surface area contributed by atoms with Gasteiger partial charge in [0.25, 0.3) is 11.6 Å². The van der Waals surface area contributed by atoms with Gasteiger partial charge < -0.3 is 9.63 Å². The van der Waals surface area contributed by atoms with Gasteiger partial charge in [-0.05, 0) is 12.7 Å². The van der Waals surface area contributed by atoms with Gasteiger partial charge in [-0.2, -0.15) is 5.10 Å². The molecule has 9 heteroatoms. The Kier molecular flexibility index (Phi) is 4.93. The normalized spacial score (nSPS) is 10.9. The Morgan fingerprint density at radius 1 is 1.26 bits per heavy atom. The number of carbonyl (C=O) groups is 1. The van der Waals surface area contributed by atoms with Crippen LogP contribution in [-0.4, -0.2) is 22.2 Å². The van der Waals surface area contributed by atoms with Crippen LogP contribution in [0.15, 0.2) is 58.2 Å². The standard InChI is InChI=1S/C18H14N4O5/c1-11-16(17(21-27-11)13-5-3-2-4-6-13)18(24)20-19-10-12-7-8-15(23)14(9-12)22(25)26/h2-10,23H,1H3,(H,20,24)/p-1/b19-10-. The fourth-order valence-corrected chi connectivity index (χ4v) is 2.41. The van der Waals surface area contributed by atoms with Gasteiger partial charge >= 0.3 is 0 Å². The van der Waals surface area contributed by atoms with Gasteiger partial charge in [0.15, 0.2) is 0 Å². The molecule has 0 bridgehead atoms. The van der Waals surface area contributed by atoms with Gasteiger partial charge in [0.05, 0.1) is 11.1 Å². The highest BCUT2D eigenvalue weighted by Gasteiger charge is 2.21. The molecule has 0 aliphatic rings. The molecule has 0 saturated carbocycles. The monoisotopic (exact) mass is 365 g/mol. The minimum Gasteiger partial charge on any atom is -0.868 e. The summed E-state index contributed by atoms with van der Waals surface area (Å²) in [6.45, 7) is 1.61. The number of aromatic nitrogens is 1. The van der Waals surface area contributed by atoms with Crippen LogP contribution < -0.4 is 10.5 Å². The predicted molar refractivity (Wildman–Crippen MR) is 94.3 cm³/mol. The molecule has 0 radical (unpaired) electrons. The highest BCUT2D eigenvalue weighted by Crippen LogP contribution is 2.25. The number of hydrogen-bond acceptors (Lipinski definition) is 7. The van der Waals surface area contributed by atoms with Crippen molar-refractivity contribution in [1.29, 1.82) is 0 Å². The number of nitro groups is 1. The highest BCUT2D eigenvalue weighted by atomic mass is 16.6. The van der Waals surface area contributed by atoms with Crippen molar-refractivity contribution in [2.75, 3.05) is 0 Å². The van der Waals surface area contributed by atoms with E-state index < -0.39 is 22.3 Å². The molecule has 0 atom stereocenters. The number of nitrogens with one attached hydrogen (secondary N) is 1. The lowest BCUT2D eigenvalue weighted by Crippen LogP contribution is -2.18. The van der Waals surface area contributed by atoms with Crippen molar-refractivity contribution in [1.82, 2.24) is 10.6 Å². The predicted octanol–water partition coefficient (Wildman–Crippen LogP) is 2.40. The molecule has 0 spiro atoms. The number of rotatable bonds is 5. The Morgan fingerprint density at radius 3 is 2.70 bits per heavy atom. The fourth-order valence-electron chi connectivity index (χ4n) is 2.41. The second-order valence-corrected chi connectivity index (χ2v) is 5.51. The Balaban J connectivity index is 1.79. The third-order valence-corrected chi connectivity index (χ3v) is 3.70. The molecule has 3 aromatic rings. The number of amides is 1. The molecule has 0 aliphatic heterocycles. The lowest BCUT2D eigenvalue weighted by atomic mass is 10.1. The average Bonchev–Trinajstić information content (AvgIpc) is 3.05. The Hall–Kier alpha value is -4.01. The van der Waals surface area contributed by atoms with Crippen molar-refractivity contribution < 1.29 is 19.3 Å². The van der Waals surface area contributed by atoms with Crippen LogP contribution in [0.5, 0.6) is 5.75 Å². The zero-order chi connectivity index (χ0) is 19.4. The first-order valence-electron chi connectivity index (χ1n) is 7.78. The van der Waals surface area contributed by atoms with Crippen LogP contribution in [0.3, 0.4) is 0 Å². The lowest BCUT2D eigenvalue weighted by molar-refractivity contribution is -0.398. The van der Waals surface area contributed by atoms with Crippen LogP contribution in [0.1, 0.15) is 21.7 Å². The summed E-state index contributed by atoms with van der Waals surface area (Å²) < 4.78 is 5.12. The molecule has 1 N–H and O–H groups in total. The number of benzene rings is 2. The molecule has 0 aliphatic carbocycles. The van der Waals surface area contributed by atoms with Gasteiger partial charge in [-0.25, -0.2) is 5.43 Å². The molecular weight excluding hydrogens is 352 g/mol. The number of hydrazone groups is 1. The van der Waals surface area contributed by atoms with Gasteiger partial charge in [-0.15, -0.1) is 0 Å². The van der Waals surface area contributed by atoms with E-state index in [1.807, 2.05) is 18.2 Å². The van der Waals surface area contributed by atoms with Gasteiger partial charge in [0.2, 0.25) is 0 Å². The summed E-state index contributed by atoms with van der Waals surface area (Å²) in [6.07, 6.45) is 1.20.